The number of hydrogen-bond donors (Lipinski definition) is 3. The van der Waals surface area contributed by atoms with Crippen molar-refractivity contribution in [2.45, 2.75) is 19.8 Å². The lowest BCUT2D eigenvalue weighted by atomic mass is 10.0. The Morgan fingerprint density at radius 3 is 2.52 bits per heavy atom. The number of aryl methyl sites for hydroxylation is 2. The van der Waals surface area contributed by atoms with Crippen LogP contribution in [0.1, 0.15) is 38.3 Å². The molecule has 1 aliphatic heterocycles. The predicted molar refractivity (Wildman–Crippen MR) is 112 cm³/mol. The molecule has 2 amide bonds. The lowest BCUT2D eigenvalue weighted by Gasteiger charge is -2.18. The summed E-state index contributed by atoms with van der Waals surface area (Å²) < 4.78 is 0. The number of anilines is 3. The van der Waals surface area contributed by atoms with E-state index in [1.54, 1.807) is 37.4 Å². The smallest absolute Gasteiger partial charge is 0.257 e. The van der Waals surface area contributed by atoms with Gasteiger partial charge in [0.1, 0.15) is 0 Å². The summed E-state index contributed by atoms with van der Waals surface area (Å²) in [5.74, 6) is -0.473. The summed E-state index contributed by atoms with van der Waals surface area (Å²) >= 11 is 0. The van der Waals surface area contributed by atoms with Crippen LogP contribution in [0, 0.1) is 6.92 Å². The Morgan fingerprint density at radius 2 is 1.72 bits per heavy atom. The van der Waals surface area contributed by atoms with E-state index < -0.39 is 0 Å². The van der Waals surface area contributed by atoms with Crippen LogP contribution in [0.3, 0.4) is 0 Å². The van der Waals surface area contributed by atoms with E-state index in [9.17, 15) is 9.59 Å². The minimum atomic E-state index is -0.276. The molecule has 2 heterocycles. The van der Waals surface area contributed by atoms with Crippen LogP contribution in [0.15, 0.2) is 54.9 Å². The molecule has 1 aromatic heterocycles. The van der Waals surface area contributed by atoms with Crippen molar-refractivity contribution in [3.63, 3.8) is 0 Å². The molecule has 0 radical (unpaired) electrons. The highest BCUT2D eigenvalue weighted by Gasteiger charge is 2.14. The number of nitrogens with zero attached hydrogens (tertiary/aromatic N) is 2. The van der Waals surface area contributed by atoms with Gasteiger partial charge < -0.3 is 16.0 Å². The second kappa shape index (κ2) is 8.10. The zero-order valence-corrected chi connectivity index (χ0v) is 16.0. The molecule has 7 nitrogen and oxygen atoms in total. The predicted octanol–water partition coefficient (Wildman–Crippen LogP) is 3.65. The fraction of sp³-hybridized carbons (Fsp3) is 0.182. The summed E-state index contributed by atoms with van der Waals surface area (Å²) in [5.41, 5.74) is 5.22. The van der Waals surface area contributed by atoms with Crippen LogP contribution in [-0.2, 0) is 6.42 Å². The first kappa shape index (κ1) is 18.6. The normalized spacial score (nSPS) is 12.4. The first-order chi connectivity index (χ1) is 14.1. The van der Waals surface area contributed by atoms with Gasteiger partial charge in [-0.2, -0.15) is 10.2 Å². The van der Waals surface area contributed by atoms with Crippen LogP contribution in [0.4, 0.5) is 17.1 Å². The lowest BCUT2D eigenvalue weighted by molar-refractivity contribution is 0.101. The molecular weight excluding hydrogens is 366 g/mol. The van der Waals surface area contributed by atoms with E-state index in [0.29, 0.717) is 22.5 Å². The molecule has 0 saturated heterocycles. The van der Waals surface area contributed by atoms with Gasteiger partial charge in [-0.1, -0.05) is 12.1 Å². The first-order valence-electron chi connectivity index (χ1n) is 9.47. The van der Waals surface area contributed by atoms with Crippen molar-refractivity contribution in [2.75, 3.05) is 22.5 Å². The summed E-state index contributed by atoms with van der Waals surface area (Å²) in [6.45, 7) is 2.72. The molecule has 146 valence electrons. The van der Waals surface area contributed by atoms with Gasteiger partial charge in [0, 0.05) is 29.2 Å². The number of hydrogen-bond acceptors (Lipinski definition) is 5. The standard InChI is InChI=1S/C22H21N5O2/c1-14-12-24-25-13-19(14)22(29)27-18-6-2-5-17(11-18)26-21(28)16-8-7-15-4-3-9-23-20(15)10-16/h2,5-8,10-13,23H,3-4,9H2,1H3,(H,26,28)(H,27,29). The third-order valence-corrected chi connectivity index (χ3v) is 4.86. The number of rotatable bonds is 4. The molecule has 3 N–H and O–H groups in total. The molecule has 0 fully saturated rings. The molecule has 29 heavy (non-hydrogen) atoms. The average Bonchev–Trinajstić information content (AvgIpc) is 2.74. The number of benzene rings is 2. The summed E-state index contributed by atoms with van der Waals surface area (Å²) in [4.78, 5) is 25.1. The van der Waals surface area contributed by atoms with E-state index >= 15 is 0 Å². The second-order valence-corrected chi connectivity index (χ2v) is 6.98. The Labute approximate surface area is 168 Å². The van der Waals surface area contributed by atoms with Gasteiger partial charge >= 0.3 is 0 Å². The van der Waals surface area contributed by atoms with E-state index in [0.717, 1.165) is 30.6 Å². The van der Waals surface area contributed by atoms with E-state index in [1.165, 1.54) is 11.8 Å². The molecule has 0 spiro atoms. The van der Waals surface area contributed by atoms with Gasteiger partial charge in [-0.25, -0.2) is 0 Å². The van der Waals surface area contributed by atoms with Gasteiger partial charge in [0.15, 0.2) is 0 Å². The number of amides is 2. The van der Waals surface area contributed by atoms with Crippen molar-refractivity contribution >= 4 is 28.9 Å². The van der Waals surface area contributed by atoms with Crippen molar-refractivity contribution in [2.24, 2.45) is 0 Å². The molecule has 0 bridgehead atoms. The van der Waals surface area contributed by atoms with Gasteiger partial charge in [0.05, 0.1) is 18.0 Å². The van der Waals surface area contributed by atoms with E-state index in [1.807, 2.05) is 18.2 Å². The topological polar surface area (TPSA) is 96.0 Å². The SMILES string of the molecule is Cc1cnncc1C(=O)Nc1cccc(NC(=O)c2ccc3c(c2)NCCC3)c1. The average molecular weight is 387 g/mol. The maximum atomic E-state index is 12.7. The lowest BCUT2D eigenvalue weighted by Crippen LogP contribution is -2.16. The zero-order chi connectivity index (χ0) is 20.2. The van der Waals surface area contributed by atoms with Crippen molar-refractivity contribution in [1.82, 2.24) is 10.2 Å². The maximum absolute atomic E-state index is 12.7. The second-order valence-electron chi connectivity index (χ2n) is 6.98. The Morgan fingerprint density at radius 1 is 0.966 bits per heavy atom. The number of carbonyl (C=O) groups excluding carboxylic acids is 2. The monoisotopic (exact) mass is 387 g/mol. The van der Waals surface area contributed by atoms with Crippen LogP contribution < -0.4 is 16.0 Å². The minimum absolute atomic E-state index is 0.196. The molecule has 0 unspecified atom stereocenters. The van der Waals surface area contributed by atoms with Crippen LogP contribution in [-0.4, -0.2) is 28.6 Å². The Kier molecular flexibility index (Phi) is 5.20. The number of fused-ring (bicyclic) bond motifs is 1. The molecule has 0 saturated carbocycles. The van der Waals surface area contributed by atoms with Crippen LogP contribution in [0.25, 0.3) is 0 Å². The Hall–Kier alpha value is -3.74. The maximum Gasteiger partial charge on any atom is 0.257 e. The number of carbonyl (C=O) groups is 2. The molecular formula is C22H21N5O2. The van der Waals surface area contributed by atoms with E-state index in [4.69, 9.17) is 0 Å². The van der Waals surface area contributed by atoms with Crippen molar-refractivity contribution in [3.05, 3.63) is 77.1 Å². The van der Waals surface area contributed by atoms with Crippen molar-refractivity contribution in [1.29, 1.82) is 0 Å². The quantitative estimate of drug-likeness (QED) is 0.635. The zero-order valence-electron chi connectivity index (χ0n) is 16.0. The summed E-state index contributed by atoms with van der Waals surface area (Å²) in [7, 11) is 0. The molecule has 1 aliphatic rings. The highest BCUT2D eigenvalue weighted by molar-refractivity contribution is 6.07. The van der Waals surface area contributed by atoms with Crippen LogP contribution in [0.5, 0.6) is 0 Å². The van der Waals surface area contributed by atoms with Gasteiger partial charge in [-0.15, -0.1) is 0 Å². The van der Waals surface area contributed by atoms with Gasteiger partial charge in [-0.05, 0) is 61.2 Å². The molecule has 7 heteroatoms. The fourth-order valence-corrected chi connectivity index (χ4v) is 3.30. The van der Waals surface area contributed by atoms with Crippen molar-refractivity contribution < 1.29 is 9.59 Å². The fourth-order valence-electron chi connectivity index (χ4n) is 3.30. The summed E-state index contributed by atoms with van der Waals surface area (Å²) in [6, 6.07) is 12.8. The first-order valence-corrected chi connectivity index (χ1v) is 9.47. The summed E-state index contributed by atoms with van der Waals surface area (Å²) in [5, 5.41) is 16.6. The molecule has 0 atom stereocenters. The Balaban J connectivity index is 1.47. The Bertz CT molecular complexity index is 1080. The number of nitrogens with one attached hydrogen (secondary N) is 3. The number of aromatic nitrogens is 2. The van der Waals surface area contributed by atoms with Gasteiger partial charge in [-0.3, -0.25) is 9.59 Å². The molecule has 0 aliphatic carbocycles. The highest BCUT2D eigenvalue weighted by atomic mass is 16.2. The van der Waals surface area contributed by atoms with Crippen molar-refractivity contribution in [3.8, 4) is 0 Å². The minimum Gasteiger partial charge on any atom is -0.385 e. The molecule has 2 aromatic carbocycles. The largest absolute Gasteiger partial charge is 0.385 e. The highest BCUT2D eigenvalue weighted by Crippen LogP contribution is 2.24. The third kappa shape index (κ3) is 4.24. The van der Waals surface area contributed by atoms with Crippen LogP contribution >= 0.6 is 0 Å². The van der Waals surface area contributed by atoms with Gasteiger partial charge in [0.25, 0.3) is 11.8 Å². The molecule has 3 aromatic rings. The van der Waals surface area contributed by atoms with Gasteiger partial charge in [0.2, 0.25) is 0 Å². The third-order valence-electron chi connectivity index (χ3n) is 4.86. The van der Waals surface area contributed by atoms with Crippen LogP contribution in [0.2, 0.25) is 0 Å². The van der Waals surface area contributed by atoms with E-state index in [2.05, 4.69) is 26.1 Å². The summed E-state index contributed by atoms with van der Waals surface area (Å²) in [6.07, 6.45) is 5.10. The van der Waals surface area contributed by atoms with E-state index in [-0.39, 0.29) is 11.8 Å². The molecule has 4 rings (SSSR count).